The topological polar surface area (TPSA) is 77.8 Å². The molecule has 22 heavy (non-hydrogen) atoms. The lowest BCUT2D eigenvalue weighted by molar-refractivity contribution is -0.137. The average molecular weight is 318 g/mol. The third-order valence-corrected chi connectivity index (χ3v) is 3.42. The van der Waals surface area contributed by atoms with E-state index in [-0.39, 0.29) is 24.9 Å². The van der Waals surface area contributed by atoms with Crippen LogP contribution in [0.3, 0.4) is 0 Å². The number of unbranched alkanes of at least 4 members (excludes halogenated alkanes) is 6. The van der Waals surface area contributed by atoms with E-state index in [9.17, 15) is 15.0 Å². The molecule has 2 atom stereocenters. The van der Waals surface area contributed by atoms with E-state index in [2.05, 4.69) is 0 Å². The molecule has 0 fully saturated rings. The van der Waals surface area contributed by atoms with Crippen molar-refractivity contribution in [3.8, 4) is 0 Å². The lowest BCUT2D eigenvalue weighted by Gasteiger charge is -2.15. The minimum Gasteiger partial charge on any atom is -0.481 e. The Hall–Kier alpha value is -0.870. The highest BCUT2D eigenvalue weighted by atomic mass is 16.4. The molecule has 4 nitrogen and oxygen atoms in total. The molecule has 3 N–H and O–H groups in total. The maximum absolute atomic E-state index is 10.4. The first-order valence-electron chi connectivity index (χ1n) is 10.3. The zero-order valence-corrected chi connectivity index (χ0v) is 13.7. The number of carboxylic acids is 1. The van der Waals surface area contributed by atoms with Crippen LogP contribution in [-0.4, -0.2) is 33.4 Å². The summed E-state index contributed by atoms with van der Waals surface area (Å²) in [5.41, 5.74) is 0. The number of aliphatic carboxylic acids is 1. The van der Waals surface area contributed by atoms with Gasteiger partial charge in [0, 0.05) is 6.42 Å². The Bertz CT molecular complexity index is 450. The molecule has 0 unspecified atom stereocenters. The highest BCUT2D eigenvalue weighted by Gasteiger charge is 2.13. The summed E-state index contributed by atoms with van der Waals surface area (Å²) in [5.74, 6) is -0.799. The Kier molecular flexibility index (Phi) is 10.1. The summed E-state index contributed by atoms with van der Waals surface area (Å²) in [6.07, 6.45) is 1.03. The van der Waals surface area contributed by atoms with Gasteiger partial charge in [0.15, 0.2) is 0 Å². The van der Waals surface area contributed by atoms with E-state index in [1.165, 1.54) is 0 Å². The molecule has 0 aromatic heterocycles. The molecule has 0 aliphatic carbocycles. The number of carboxylic acid groups (broad SMARTS) is 1. The van der Waals surface area contributed by atoms with Crippen molar-refractivity contribution in [3.63, 3.8) is 0 Å². The second-order valence-electron chi connectivity index (χ2n) is 5.54. The van der Waals surface area contributed by atoms with Crippen molar-refractivity contribution in [2.75, 3.05) is 0 Å². The number of hydrogen-bond donors (Lipinski definition) is 3. The van der Waals surface area contributed by atoms with Gasteiger partial charge < -0.3 is 15.3 Å². The number of carbonyl (C=O) groups is 1. The molecule has 0 saturated carbocycles. The second-order valence-corrected chi connectivity index (χ2v) is 5.54. The standard InChI is InChI=1S/C18H34O4/c1-2-3-10-13-16(19)17(20)14-11-8-6-4-5-7-9-12-15-18(21)22/h8,11,16-17,19-20H,2-7,9-10,12-15H2,1H3,(H,21,22)/b11-8-/t16-,17+/m1/s1/i8D,11D,16D,17D. The molecule has 0 spiro atoms. The Balaban J connectivity index is 4.33. The molecule has 130 valence electrons. The van der Waals surface area contributed by atoms with E-state index in [0.717, 1.165) is 32.1 Å². The van der Waals surface area contributed by atoms with E-state index in [4.69, 9.17) is 10.6 Å². The van der Waals surface area contributed by atoms with Crippen molar-refractivity contribution in [1.29, 1.82) is 0 Å². The van der Waals surface area contributed by atoms with Gasteiger partial charge >= 0.3 is 5.97 Å². The van der Waals surface area contributed by atoms with Gasteiger partial charge in [0.2, 0.25) is 0 Å². The van der Waals surface area contributed by atoms with Gasteiger partial charge in [-0.2, -0.15) is 0 Å². The molecule has 0 rings (SSSR count). The fourth-order valence-corrected chi connectivity index (χ4v) is 2.04. The van der Waals surface area contributed by atoms with Crippen LogP contribution >= 0.6 is 0 Å². The fraction of sp³-hybridized carbons (Fsp3) is 0.833. The van der Waals surface area contributed by atoms with Gasteiger partial charge in [-0.25, -0.2) is 0 Å². The van der Waals surface area contributed by atoms with Crippen molar-refractivity contribution in [3.05, 3.63) is 12.1 Å². The average Bonchev–Trinajstić information content (AvgIpc) is 2.52. The minimum absolute atomic E-state index is 0.00516. The van der Waals surface area contributed by atoms with E-state index >= 15 is 0 Å². The number of hydrogen-bond acceptors (Lipinski definition) is 3. The van der Waals surface area contributed by atoms with Gasteiger partial charge in [0.1, 0.15) is 0 Å². The molecule has 0 radical (unpaired) electrons. The SMILES string of the molecule is [2H]/C(CCCCCCCC(=O)O)=C(\[2H])C[C@]([2H])(O)[C@]([2H])(O)CCCCC. The molecular formula is C18H34O4. The highest BCUT2D eigenvalue weighted by molar-refractivity contribution is 5.66. The zero-order chi connectivity index (χ0) is 20.2. The van der Waals surface area contributed by atoms with Crippen molar-refractivity contribution in [2.24, 2.45) is 0 Å². The van der Waals surface area contributed by atoms with Gasteiger partial charge in [-0.05, 0) is 32.1 Å². The van der Waals surface area contributed by atoms with Crippen molar-refractivity contribution in [2.45, 2.75) is 96.1 Å². The zero-order valence-electron chi connectivity index (χ0n) is 17.7. The smallest absolute Gasteiger partial charge is 0.303 e. The maximum Gasteiger partial charge on any atom is 0.303 e. The second kappa shape index (κ2) is 15.0. The first-order valence-corrected chi connectivity index (χ1v) is 8.35. The molecule has 0 amide bonds. The molecule has 0 aliphatic heterocycles. The van der Waals surface area contributed by atoms with Crippen LogP contribution in [0.25, 0.3) is 0 Å². The van der Waals surface area contributed by atoms with Crippen LogP contribution in [-0.2, 0) is 4.79 Å². The van der Waals surface area contributed by atoms with Crippen LogP contribution < -0.4 is 0 Å². The summed E-state index contributed by atoms with van der Waals surface area (Å²) < 4.78 is 31.4. The van der Waals surface area contributed by atoms with Crippen LogP contribution in [0.2, 0.25) is 0 Å². The van der Waals surface area contributed by atoms with Gasteiger partial charge in [0.05, 0.1) is 17.6 Å². The summed E-state index contributed by atoms with van der Waals surface area (Å²) in [6, 6.07) is -0.222. The summed E-state index contributed by atoms with van der Waals surface area (Å²) in [5, 5.41) is 28.7. The maximum atomic E-state index is 10.4. The van der Waals surface area contributed by atoms with Gasteiger partial charge in [-0.3, -0.25) is 4.79 Å². The Labute approximate surface area is 140 Å². The summed E-state index contributed by atoms with van der Waals surface area (Å²) >= 11 is 0. The van der Waals surface area contributed by atoms with Gasteiger partial charge in [-0.15, -0.1) is 0 Å². The van der Waals surface area contributed by atoms with Crippen molar-refractivity contribution in [1.82, 2.24) is 0 Å². The van der Waals surface area contributed by atoms with Gasteiger partial charge in [0.25, 0.3) is 0 Å². The van der Waals surface area contributed by atoms with E-state index in [0.29, 0.717) is 25.7 Å². The summed E-state index contributed by atoms with van der Waals surface area (Å²) in [4.78, 5) is 10.4. The van der Waals surface area contributed by atoms with E-state index in [1.807, 2.05) is 6.92 Å². The lowest BCUT2D eigenvalue weighted by atomic mass is 10.0. The van der Waals surface area contributed by atoms with Crippen LogP contribution in [0, 0.1) is 0 Å². The quantitative estimate of drug-likeness (QED) is 0.314. The van der Waals surface area contributed by atoms with E-state index in [1.54, 1.807) is 0 Å². The number of aliphatic hydroxyl groups is 2. The van der Waals surface area contributed by atoms with Crippen LogP contribution in [0.4, 0.5) is 0 Å². The summed E-state index contributed by atoms with van der Waals surface area (Å²) in [6.45, 7) is 1.97. The molecule has 0 aromatic carbocycles. The molecule has 0 saturated heterocycles. The molecule has 0 bridgehead atoms. The molecule has 0 aromatic rings. The number of rotatable bonds is 15. The Morgan fingerprint density at radius 3 is 2.41 bits per heavy atom. The van der Waals surface area contributed by atoms with Crippen molar-refractivity contribution < 1.29 is 25.6 Å². The lowest BCUT2D eigenvalue weighted by Crippen LogP contribution is -2.25. The third kappa shape index (κ3) is 14.1. The van der Waals surface area contributed by atoms with Gasteiger partial charge in [-0.1, -0.05) is 57.6 Å². The van der Waals surface area contributed by atoms with Crippen molar-refractivity contribution >= 4 is 5.97 Å². The van der Waals surface area contributed by atoms with Crippen LogP contribution in [0.15, 0.2) is 12.1 Å². The third-order valence-electron chi connectivity index (χ3n) is 3.42. The monoisotopic (exact) mass is 318 g/mol. The fourth-order valence-electron chi connectivity index (χ4n) is 2.04. The highest BCUT2D eigenvalue weighted by Crippen LogP contribution is 2.11. The molecule has 4 heteroatoms. The predicted octanol–water partition coefficient (Wildman–Crippen LogP) is 4.05. The van der Waals surface area contributed by atoms with Crippen LogP contribution in [0.1, 0.15) is 89.5 Å². The first-order chi connectivity index (χ1) is 12.0. The molecule has 0 heterocycles. The molecule has 0 aliphatic rings. The summed E-state index contributed by atoms with van der Waals surface area (Å²) in [7, 11) is 0. The molecular weight excluding hydrogens is 280 g/mol. The minimum atomic E-state index is -2.51. The van der Waals surface area contributed by atoms with E-state index < -0.39 is 24.6 Å². The largest absolute Gasteiger partial charge is 0.481 e. The first kappa shape index (κ1) is 14.7. The van der Waals surface area contributed by atoms with Crippen LogP contribution in [0.5, 0.6) is 0 Å². The number of allylic oxidation sites excluding steroid dienone is 1. The predicted molar refractivity (Wildman–Crippen MR) is 89.9 cm³/mol. The Morgan fingerprint density at radius 2 is 1.73 bits per heavy atom. The Morgan fingerprint density at radius 1 is 1.05 bits per heavy atom. The normalized spacial score (nSPS) is 20.7.